The van der Waals surface area contributed by atoms with Crippen LogP contribution >= 0.6 is 0 Å². The highest BCUT2D eigenvalue weighted by molar-refractivity contribution is 6.05. The summed E-state index contributed by atoms with van der Waals surface area (Å²) < 4.78 is 21.5. The molecule has 0 radical (unpaired) electrons. The molecule has 120 valence electrons. The van der Waals surface area contributed by atoms with Crippen molar-refractivity contribution in [3.63, 3.8) is 0 Å². The van der Waals surface area contributed by atoms with E-state index in [0.29, 0.717) is 0 Å². The number of benzene rings is 1. The van der Waals surface area contributed by atoms with Gasteiger partial charge in [-0.15, -0.1) is 0 Å². The van der Waals surface area contributed by atoms with E-state index in [1.54, 1.807) is 12.2 Å². The minimum absolute atomic E-state index is 0.412. The molecule has 1 aromatic carbocycles. The number of hydrogen-bond acceptors (Lipinski definition) is 3. The highest BCUT2D eigenvalue weighted by Crippen LogP contribution is 2.64. The van der Waals surface area contributed by atoms with Gasteiger partial charge in [0.2, 0.25) is 5.67 Å². The molecule has 1 aliphatic heterocycles. The van der Waals surface area contributed by atoms with Crippen LogP contribution in [0.2, 0.25) is 0 Å². The molecule has 4 atom stereocenters. The number of imide groups is 1. The minimum atomic E-state index is -2.28. The number of amides is 3. The average Bonchev–Trinajstić information content (AvgIpc) is 2.57. The summed E-state index contributed by atoms with van der Waals surface area (Å²) in [5, 5.41) is 0. The number of hydrogen-bond donors (Lipinski definition) is 0. The van der Waals surface area contributed by atoms with E-state index in [2.05, 4.69) is 0 Å². The Hall–Kier alpha value is -2.21. The molecular formula is C17H17FN2O3. The Labute approximate surface area is 133 Å². The van der Waals surface area contributed by atoms with Gasteiger partial charge in [-0.2, -0.15) is 0 Å². The Morgan fingerprint density at radius 3 is 2.61 bits per heavy atom. The molecule has 1 heterocycles. The standard InChI is InChI=1S/C17H17FN2O3/c1-19-13-12-11-7-5-4-6-10(11)8-9-16(12,23-3)17(13,18)14(21)20(2)15(19)22/h4-9,12-13H,1-3H3/t12-,13+,16+,17+/m0/s1. The van der Waals surface area contributed by atoms with Crippen molar-refractivity contribution in [2.45, 2.75) is 23.2 Å². The molecule has 2 aliphatic carbocycles. The van der Waals surface area contributed by atoms with E-state index >= 15 is 4.39 Å². The fourth-order valence-corrected chi connectivity index (χ4v) is 4.43. The van der Waals surface area contributed by atoms with Gasteiger partial charge in [0.05, 0.1) is 6.04 Å². The van der Waals surface area contributed by atoms with Crippen LogP contribution in [-0.2, 0) is 9.53 Å². The van der Waals surface area contributed by atoms with Crippen molar-refractivity contribution in [2.75, 3.05) is 21.2 Å². The SMILES string of the molecule is CO[C@]12C=Cc3ccccc3[C@H]1[C@H]1N(C)C(=O)N(C)C(=O)[C@]12F. The molecule has 3 aliphatic rings. The Morgan fingerprint density at radius 2 is 1.91 bits per heavy atom. The van der Waals surface area contributed by atoms with Crippen LogP contribution in [0.4, 0.5) is 9.18 Å². The van der Waals surface area contributed by atoms with E-state index in [0.717, 1.165) is 16.0 Å². The lowest BCUT2D eigenvalue weighted by atomic mass is 9.49. The Balaban J connectivity index is 1.95. The summed E-state index contributed by atoms with van der Waals surface area (Å²) in [7, 11) is 4.24. The van der Waals surface area contributed by atoms with Crippen LogP contribution in [0.25, 0.3) is 6.08 Å². The largest absolute Gasteiger partial charge is 0.369 e. The number of ether oxygens (including phenoxy) is 1. The van der Waals surface area contributed by atoms with Crippen molar-refractivity contribution in [3.8, 4) is 0 Å². The maximum Gasteiger partial charge on any atom is 0.326 e. The van der Waals surface area contributed by atoms with E-state index in [4.69, 9.17) is 4.74 Å². The first-order valence-corrected chi connectivity index (χ1v) is 7.47. The summed E-state index contributed by atoms with van der Waals surface area (Å²) >= 11 is 0. The van der Waals surface area contributed by atoms with Crippen molar-refractivity contribution in [2.24, 2.45) is 0 Å². The van der Waals surface area contributed by atoms with E-state index in [9.17, 15) is 9.59 Å². The normalized spacial score (nSPS) is 37.9. The number of rotatable bonds is 1. The molecule has 0 aromatic heterocycles. The van der Waals surface area contributed by atoms with Gasteiger partial charge < -0.3 is 9.64 Å². The first-order valence-electron chi connectivity index (χ1n) is 7.47. The number of urea groups is 1. The summed E-state index contributed by atoms with van der Waals surface area (Å²) in [6.45, 7) is 0. The Bertz CT molecular complexity index is 764. The van der Waals surface area contributed by atoms with E-state index in [1.807, 2.05) is 24.3 Å². The second-order valence-corrected chi connectivity index (χ2v) is 6.35. The van der Waals surface area contributed by atoms with Gasteiger partial charge in [0, 0.05) is 27.1 Å². The molecule has 1 aromatic rings. The lowest BCUT2D eigenvalue weighted by Crippen LogP contribution is -2.87. The topological polar surface area (TPSA) is 49.9 Å². The van der Waals surface area contributed by atoms with E-state index < -0.39 is 35.2 Å². The van der Waals surface area contributed by atoms with Crippen LogP contribution in [0.5, 0.6) is 0 Å². The smallest absolute Gasteiger partial charge is 0.326 e. The summed E-state index contributed by atoms with van der Waals surface area (Å²) in [6.07, 6.45) is 3.42. The third-order valence-corrected chi connectivity index (χ3v) is 5.56. The van der Waals surface area contributed by atoms with Crippen LogP contribution in [-0.4, -0.2) is 60.3 Å². The van der Waals surface area contributed by atoms with Gasteiger partial charge in [0.25, 0.3) is 5.91 Å². The van der Waals surface area contributed by atoms with Gasteiger partial charge in [-0.05, 0) is 17.2 Å². The molecule has 4 rings (SSSR count). The van der Waals surface area contributed by atoms with Crippen LogP contribution in [0, 0.1) is 0 Å². The van der Waals surface area contributed by atoms with Gasteiger partial charge in [-0.1, -0.05) is 30.3 Å². The zero-order chi connectivity index (χ0) is 16.6. The van der Waals surface area contributed by atoms with Gasteiger partial charge in [0.15, 0.2) is 0 Å². The molecule has 1 saturated heterocycles. The second-order valence-electron chi connectivity index (χ2n) is 6.35. The van der Waals surface area contributed by atoms with Gasteiger partial charge in [0.1, 0.15) is 5.60 Å². The minimum Gasteiger partial charge on any atom is -0.369 e. The van der Waals surface area contributed by atoms with E-state index in [1.165, 1.54) is 26.1 Å². The van der Waals surface area contributed by atoms with Crippen molar-refractivity contribution < 1.29 is 18.7 Å². The third-order valence-electron chi connectivity index (χ3n) is 5.56. The van der Waals surface area contributed by atoms with Crippen molar-refractivity contribution in [3.05, 3.63) is 41.5 Å². The van der Waals surface area contributed by atoms with Crippen molar-refractivity contribution >= 4 is 18.0 Å². The maximum atomic E-state index is 15.9. The summed E-state index contributed by atoms with van der Waals surface area (Å²) in [5.74, 6) is -1.25. The highest BCUT2D eigenvalue weighted by Gasteiger charge is 2.82. The quantitative estimate of drug-likeness (QED) is 0.794. The predicted octanol–water partition coefficient (Wildman–Crippen LogP) is 1.80. The second kappa shape index (κ2) is 4.20. The van der Waals surface area contributed by atoms with Crippen LogP contribution in [0.3, 0.4) is 0 Å². The number of fused-ring (bicyclic) bond motifs is 6. The molecule has 23 heavy (non-hydrogen) atoms. The van der Waals surface area contributed by atoms with Crippen LogP contribution < -0.4 is 0 Å². The maximum absolute atomic E-state index is 15.9. The zero-order valence-corrected chi connectivity index (χ0v) is 13.1. The van der Waals surface area contributed by atoms with E-state index in [-0.39, 0.29) is 0 Å². The first kappa shape index (κ1) is 14.4. The average molecular weight is 316 g/mol. The molecule has 0 unspecified atom stereocenters. The molecule has 5 nitrogen and oxygen atoms in total. The highest BCUT2D eigenvalue weighted by atomic mass is 19.1. The lowest BCUT2D eigenvalue weighted by molar-refractivity contribution is -0.235. The molecule has 6 heteroatoms. The zero-order valence-electron chi connectivity index (χ0n) is 13.1. The molecule has 1 saturated carbocycles. The number of alkyl halides is 1. The number of likely N-dealkylation sites (N-methyl/N-ethyl adjacent to an activating group) is 1. The number of halogens is 1. The van der Waals surface area contributed by atoms with Crippen molar-refractivity contribution in [1.82, 2.24) is 9.80 Å². The third kappa shape index (κ3) is 1.32. The number of nitrogens with zero attached hydrogens (tertiary/aromatic N) is 2. The summed E-state index contributed by atoms with van der Waals surface area (Å²) in [4.78, 5) is 27.0. The van der Waals surface area contributed by atoms with Gasteiger partial charge in [-0.3, -0.25) is 9.69 Å². The van der Waals surface area contributed by atoms with Gasteiger partial charge >= 0.3 is 6.03 Å². The Kier molecular flexibility index (Phi) is 2.63. The molecule has 0 bridgehead atoms. The molecular weight excluding hydrogens is 299 g/mol. The van der Waals surface area contributed by atoms with Crippen molar-refractivity contribution in [1.29, 1.82) is 0 Å². The molecule has 2 fully saturated rings. The molecule has 0 spiro atoms. The number of methoxy groups -OCH3 is 1. The predicted molar refractivity (Wildman–Crippen MR) is 81.5 cm³/mol. The fourth-order valence-electron chi connectivity index (χ4n) is 4.43. The number of carbonyl (C=O) groups excluding carboxylic acids is 2. The Morgan fingerprint density at radius 1 is 1.22 bits per heavy atom. The van der Waals surface area contributed by atoms with Crippen LogP contribution in [0.1, 0.15) is 17.0 Å². The van der Waals surface area contributed by atoms with Gasteiger partial charge in [-0.25, -0.2) is 9.18 Å². The fraction of sp³-hybridized carbons (Fsp3) is 0.412. The van der Waals surface area contributed by atoms with Crippen LogP contribution in [0.15, 0.2) is 30.3 Å². The molecule has 3 amide bonds. The summed E-state index contributed by atoms with van der Waals surface area (Å²) in [5.41, 5.74) is -1.81. The number of carbonyl (C=O) groups is 2. The summed E-state index contributed by atoms with van der Waals surface area (Å²) in [6, 6.07) is 6.24. The monoisotopic (exact) mass is 316 g/mol. The molecule has 0 N–H and O–H groups in total. The first-order chi connectivity index (χ1) is 10.9. The lowest BCUT2D eigenvalue weighted by Gasteiger charge is -2.67.